The molecule has 0 N–H and O–H groups in total. The molecule has 0 unspecified atom stereocenters. The Hall–Kier alpha value is -3.87. The van der Waals surface area contributed by atoms with Crippen LogP contribution in [0.5, 0.6) is 0 Å². The van der Waals surface area contributed by atoms with Crippen molar-refractivity contribution in [1.82, 2.24) is 14.5 Å². The van der Waals surface area contributed by atoms with E-state index in [4.69, 9.17) is 12.7 Å². The molecule has 0 atom stereocenters. The Bertz CT molecular complexity index is 2790. The van der Waals surface area contributed by atoms with Crippen molar-refractivity contribution in [3.05, 3.63) is 144 Å². The molecule has 6 heteroatoms. The van der Waals surface area contributed by atoms with Crippen LogP contribution in [0.4, 0.5) is 0 Å². The van der Waals surface area contributed by atoms with E-state index in [1.807, 2.05) is 56.5 Å². The van der Waals surface area contributed by atoms with Crippen LogP contribution in [-0.4, -0.2) is 27.8 Å². The second-order valence-electron chi connectivity index (χ2n) is 19.3. The van der Waals surface area contributed by atoms with Gasteiger partial charge in [-0.1, -0.05) is 68.6 Å². The minimum Gasteiger partial charge on any atom is 0 e. The number of hydrogen-bond acceptors (Lipinski definition) is 3. The van der Waals surface area contributed by atoms with E-state index < -0.39 is 25.1 Å². The van der Waals surface area contributed by atoms with Crippen molar-refractivity contribution in [2.75, 3.05) is 0 Å². The van der Waals surface area contributed by atoms with Gasteiger partial charge in [0, 0.05) is 30.5 Å². The maximum atomic E-state index is 8.90. The van der Waals surface area contributed by atoms with Crippen molar-refractivity contribution < 1.29 is 22.8 Å². The molecule has 0 fully saturated rings. The first-order chi connectivity index (χ1) is 27.5. The van der Waals surface area contributed by atoms with Gasteiger partial charge in [0.05, 0.1) is 16.9 Å². The van der Waals surface area contributed by atoms with Crippen LogP contribution in [-0.2, 0) is 37.3 Å². The molecule has 8 aromatic rings. The molecule has 0 spiro atoms. The van der Waals surface area contributed by atoms with Crippen molar-refractivity contribution >= 4 is 60.2 Å². The minimum absolute atomic E-state index is 0. The van der Waals surface area contributed by atoms with Crippen LogP contribution >= 0.6 is 11.3 Å². The topological polar surface area (TPSA) is 30.7 Å². The fourth-order valence-electron chi connectivity index (χ4n) is 7.16. The average molecular weight is 1020 g/mol. The first-order valence-corrected chi connectivity index (χ1v) is 28.2. The van der Waals surface area contributed by atoms with E-state index in [-0.39, 0.29) is 30.9 Å². The van der Waals surface area contributed by atoms with Gasteiger partial charge in [0.2, 0.25) is 0 Å². The van der Waals surface area contributed by atoms with E-state index >= 15 is 0 Å². The molecule has 301 valence electrons. The molecule has 0 saturated carbocycles. The maximum absolute atomic E-state index is 8.90. The molecule has 58 heavy (non-hydrogen) atoms. The second-order valence-corrected chi connectivity index (χ2v) is 30.9. The molecule has 0 amide bonds. The summed E-state index contributed by atoms with van der Waals surface area (Å²) in [6.07, 6.45) is 0.506. The van der Waals surface area contributed by atoms with E-state index in [1.165, 1.54) is 31.3 Å². The van der Waals surface area contributed by atoms with E-state index in [0.717, 1.165) is 49.3 Å². The molecule has 3 heterocycles. The summed E-state index contributed by atoms with van der Waals surface area (Å²) in [6.45, 7) is 19.2. The Labute approximate surface area is 369 Å². The van der Waals surface area contributed by atoms with Gasteiger partial charge in [0.1, 0.15) is 0 Å². The Balaban J connectivity index is 0.000000201. The second kappa shape index (κ2) is 16.6. The van der Waals surface area contributed by atoms with Crippen LogP contribution in [0.25, 0.3) is 59.5 Å². The number of imidazole rings is 1. The summed E-state index contributed by atoms with van der Waals surface area (Å²) < 4.78 is 23.8. The van der Waals surface area contributed by atoms with Gasteiger partial charge >= 0.3 is 160 Å². The predicted molar refractivity (Wildman–Crippen MR) is 250 cm³/mol. The zero-order valence-corrected chi connectivity index (χ0v) is 41.4. The van der Waals surface area contributed by atoms with Crippen molar-refractivity contribution in [2.24, 2.45) is 5.41 Å². The smallest absolute Gasteiger partial charge is 0 e. The first kappa shape index (κ1) is 40.9. The molecule has 0 aliphatic heterocycles. The van der Waals surface area contributed by atoms with Gasteiger partial charge in [0.25, 0.3) is 0 Å². The van der Waals surface area contributed by atoms with Gasteiger partial charge in [-0.3, -0.25) is 4.98 Å². The number of benzene rings is 5. The fraction of sp³-hybridized carbons (Fsp3) is 0.308. The van der Waals surface area contributed by atoms with Gasteiger partial charge in [-0.25, -0.2) is 0 Å². The third-order valence-corrected chi connectivity index (χ3v) is 15.6. The molecule has 0 bridgehead atoms. The molecule has 8 rings (SSSR count). The summed E-state index contributed by atoms with van der Waals surface area (Å²) in [4.78, 5) is 9.77. The van der Waals surface area contributed by atoms with Crippen LogP contribution in [0.15, 0.2) is 115 Å². The monoisotopic (exact) mass is 1020 g/mol. The summed E-state index contributed by atoms with van der Waals surface area (Å²) in [5, 5.41) is 2.55. The normalized spacial score (nSPS) is 13.2. The number of hydrogen-bond donors (Lipinski definition) is 0. The van der Waals surface area contributed by atoms with Gasteiger partial charge in [-0.05, 0) is 51.4 Å². The summed E-state index contributed by atoms with van der Waals surface area (Å²) in [6, 6.07) is 45.1. The summed E-state index contributed by atoms with van der Waals surface area (Å²) in [7, 11) is 0. The molecule has 0 aliphatic rings. The average Bonchev–Trinajstić information content (AvgIpc) is 3.75. The molecule has 3 nitrogen and oxygen atoms in total. The SMILES string of the molecule is CC(C)(C)c1ccc(-n2c(-c3[c-]cc4c(c3)sc3ccccc34)nc3ccccc32)cc1.[2H]C([2H])(c1cc(-c2[c-]ccc(C(C)(C)C)c2)nc[c]1[Ge]([CH3])([CH3])[CH3])C(C)(C)C.[Ir]. The molecular formula is C52H57GeIrN3S-2. The fourth-order valence-corrected chi connectivity index (χ4v) is 11.2. The quantitative estimate of drug-likeness (QED) is 0.127. The van der Waals surface area contributed by atoms with Gasteiger partial charge in [-0.2, -0.15) is 11.3 Å². The van der Waals surface area contributed by atoms with Crippen LogP contribution in [0.3, 0.4) is 0 Å². The largest absolute Gasteiger partial charge is 0 e. The van der Waals surface area contributed by atoms with E-state index in [1.54, 1.807) is 0 Å². The molecule has 5 aromatic carbocycles. The number of thiophene rings is 1. The summed E-state index contributed by atoms with van der Waals surface area (Å²) >= 11 is -0.463. The van der Waals surface area contributed by atoms with E-state index in [9.17, 15) is 0 Å². The number of rotatable bonds is 5. The predicted octanol–water partition coefficient (Wildman–Crippen LogP) is 14.1. The van der Waals surface area contributed by atoms with Crippen molar-refractivity contribution in [1.29, 1.82) is 0 Å². The van der Waals surface area contributed by atoms with Crippen molar-refractivity contribution in [2.45, 2.75) is 96.8 Å². The standard InChI is InChI=1S/C29H23N2S.C23H34GeN.Ir/c1-29(2,3)20-13-15-21(16-14-20)31-25-10-6-5-9-24(25)30-28(31)19-12-17-23-22-8-4-7-11-26(22)32-27(23)18-19;1-22(2,3)15-18-14-21(25-16-20(18)24(7,8)9)17-11-10-12-19(13-17)23(4,5)6;/h4-11,13-18H,1-3H3;10,12-14,16H,15H2,1-9H3;/q2*-1;/i;15D2;. The van der Waals surface area contributed by atoms with Crippen molar-refractivity contribution in [3.63, 3.8) is 0 Å². The van der Waals surface area contributed by atoms with Crippen LogP contribution in [0.1, 0.15) is 81.7 Å². The molecule has 3 aromatic heterocycles. The van der Waals surface area contributed by atoms with Gasteiger partial charge < -0.3 is 4.57 Å². The van der Waals surface area contributed by atoms with Crippen molar-refractivity contribution in [3.8, 4) is 28.3 Å². The summed E-state index contributed by atoms with van der Waals surface area (Å²) in [5.41, 5.74) is 9.01. The number of nitrogens with zero attached hydrogens (tertiary/aromatic N) is 3. The van der Waals surface area contributed by atoms with E-state index in [2.05, 4.69) is 167 Å². The Morgan fingerprint density at radius 2 is 1.38 bits per heavy atom. The third-order valence-electron chi connectivity index (χ3n) is 10.3. The van der Waals surface area contributed by atoms with E-state index in [0.29, 0.717) is 0 Å². The first-order valence-electron chi connectivity index (χ1n) is 21.0. The maximum Gasteiger partial charge on any atom is 0 e. The molecule has 0 aliphatic carbocycles. The number of para-hydroxylation sites is 2. The van der Waals surface area contributed by atoms with Crippen LogP contribution < -0.4 is 4.40 Å². The Morgan fingerprint density at radius 1 is 0.707 bits per heavy atom. The third kappa shape index (κ3) is 9.60. The Morgan fingerprint density at radius 3 is 2.05 bits per heavy atom. The number of pyridine rings is 1. The zero-order chi connectivity index (χ0) is 42.7. The Kier molecular flexibility index (Phi) is 11.7. The molecular weight excluding hydrogens is 963 g/mol. The zero-order valence-electron chi connectivity index (χ0n) is 38.1. The minimum atomic E-state index is -2.29. The summed E-state index contributed by atoms with van der Waals surface area (Å²) in [5.74, 6) is 7.82. The molecule has 0 saturated heterocycles. The number of fused-ring (bicyclic) bond motifs is 4. The van der Waals surface area contributed by atoms with Crippen LogP contribution in [0, 0.1) is 17.5 Å². The number of aromatic nitrogens is 3. The van der Waals surface area contributed by atoms with Crippen LogP contribution in [0.2, 0.25) is 17.3 Å². The van der Waals surface area contributed by atoms with Gasteiger partial charge in [0.15, 0.2) is 0 Å². The molecule has 1 radical (unpaired) electrons. The van der Waals surface area contributed by atoms with Gasteiger partial charge in [-0.15, -0.1) is 23.8 Å².